The average Bonchev–Trinajstić information content (AvgIpc) is 3.40. The number of halogens is 2. The number of benzene rings is 2. The van der Waals surface area contributed by atoms with Crippen molar-refractivity contribution >= 4 is 54.4 Å². The molecule has 196 valence electrons. The summed E-state index contributed by atoms with van der Waals surface area (Å²) >= 11 is 7.49. The first-order valence-corrected chi connectivity index (χ1v) is 16.0. The van der Waals surface area contributed by atoms with Crippen LogP contribution in [0.25, 0.3) is 11.1 Å². The zero-order chi connectivity index (χ0) is 25.3. The predicted octanol–water partition coefficient (Wildman–Crippen LogP) is 10.5. The molecule has 2 aromatic carbocycles. The monoisotopic (exact) mass is 614 g/mol. The SMILES string of the molecule is CCCCCCCCN1C/C(=C2\CN(CCCCCCCC)c3cc(Br)ccc32)c2ccc(Br)cc21. The summed E-state index contributed by atoms with van der Waals surface area (Å²) in [7, 11) is 0. The fourth-order valence-corrected chi connectivity index (χ4v) is 6.54. The second-order valence-electron chi connectivity index (χ2n) is 10.7. The lowest BCUT2D eigenvalue weighted by Gasteiger charge is -2.20. The van der Waals surface area contributed by atoms with Gasteiger partial charge in [-0.05, 0) is 48.3 Å². The maximum atomic E-state index is 3.74. The van der Waals surface area contributed by atoms with Gasteiger partial charge in [-0.2, -0.15) is 0 Å². The summed E-state index contributed by atoms with van der Waals surface area (Å²) in [5, 5.41) is 0. The summed E-state index contributed by atoms with van der Waals surface area (Å²) in [4.78, 5) is 5.27. The molecule has 36 heavy (non-hydrogen) atoms. The molecule has 2 aromatic rings. The summed E-state index contributed by atoms with van der Waals surface area (Å²) in [6, 6.07) is 13.8. The van der Waals surface area contributed by atoms with Gasteiger partial charge in [0.05, 0.1) is 0 Å². The van der Waals surface area contributed by atoms with Crippen LogP contribution in [0.15, 0.2) is 45.3 Å². The van der Waals surface area contributed by atoms with Crippen LogP contribution < -0.4 is 9.80 Å². The Bertz CT molecular complexity index is 947. The van der Waals surface area contributed by atoms with Crippen LogP contribution in [0.1, 0.15) is 102 Å². The Morgan fingerprint density at radius 1 is 0.556 bits per heavy atom. The molecule has 0 saturated heterocycles. The molecule has 2 aliphatic rings. The summed E-state index contributed by atoms with van der Waals surface area (Å²) in [5.41, 5.74) is 8.78. The highest BCUT2D eigenvalue weighted by Crippen LogP contribution is 2.46. The third-order valence-corrected chi connectivity index (χ3v) is 8.86. The Kier molecular flexibility index (Phi) is 10.8. The minimum Gasteiger partial charge on any atom is -0.367 e. The van der Waals surface area contributed by atoms with Crippen LogP contribution in [0.2, 0.25) is 0 Å². The van der Waals surface area contributed by atoms with Crippen LogP contribution >= 0.6 is 31.9 Å². The van der Waals surface area contributed by atoms with E-state index in [4.69, 9.17) is 0 Å². The Balaban J connectivity index is 1.52. The summed E-state index contributed by atoms with van der Waals surface area (Å²) in [5.74, 6) is 0. The first-order chi connectivity index (χ1) is 17.6. The minimum absolute atomic E-state index is 1.04. The van der Waals surface area contributed by atoms with Crippen LogP contribution in [0.5, 0.6) is 0 Å². The van der Waals surface area contributed by atoms with Gasteiger partial charge in [-0.3, -0.25) is 0 Å². The fourth-order valence-electron chi connectivity index (χ4n) is 5.85. The number of hydrogen-bond donors (Lipinski definition) is 0. The van der Waals surface area contributed by atoms with Gasteiger partial charge in [-0.1, -0.05) is 122 Å². The van der Waals surface area contributed by atoms with Crippen LogP contribution in [0, 0.1) is 0 Å². The Morgan fingerprint density at radius 2 is 0.944 bits per heavy atom. The van der Waals surface area contributed by atoms with E-state index in [-0.39, 0.29) is 0 Å². The zero-order valence-corrected chi connectivity index (χ0v) is 25.6. The predicted molar refractivity (Wildman–Crippen MR) is 166 cm³/mol. The summed E-state index contributed by atoms with van der Waals surface area (Å²) < 4.78 is 2.36. The van der Waals surface area contributed by atoms with Crippen molar-refractivity contribution in [2.24, 2.45) is 0 Å². The summed E-state index contributed by atoms with van der Waals surface area (Å²) in [6.07, 6.45) is 16.1. The smallest absolute Gasteiger partial charge is 0.0457 e. The van der Waals surface area contributed by atoms with Gasteiger partial charge < -0.3 is 9.80 Å². The van der Waals surface area contributed by atoms with Crippen molar-refractivity contribution in [3.63, 3.8) is 0 Å². The molecule has 0 spiro atoms. The number of unbranched alkanes of at least 4 members (excludes halogenated alkanes) is 10. The average molecular weight is 617 g/mol. The Labute approximate surface area is 236 Å². The van der Waals surface area contributed by atoms with Crippen LogP contribution in [-0.2, 0) is 0 Å². The molecule has 2 nitrogen and oxygen atoms in total. The first-order valence-electron chi connectivity index (χ1n) is 14.4. The lowest BCUT2D eigenvalue weighted by molar-refractivity contribution is 0.604. The lowest BCUT2D eigenvalue weighted by atomic mass is 9.97. The Morgan fingerprint density at radius 3 is 1.36 bits per heavy atom. The van der Waals surface area contributed by atoms with Crippen LogP contribution in [0.4, 0.5) is 11.4 Å². The van der Waals surface area contributed by atoms with Crippen molar-refractivity contribution in [1.82, 2.24) is 0 Å². The number of hydrogen-bond acceptors (Lipinski definition) is 2. The first kappa shape index (κ1) is 27.8. The summed E-state index contributed by atoms with van der Waals surface area (Å²) in [6.45, 7) is 8.97. The highest BCUT2D eigenvalue weighted by molar-refractivity contribution is 9.10. The second-order valence-corrected chi connectivity index (χ2v) is 12.5. The van der Waals surface area contributed by atoms with Crippen molar-refractivity contribution in [2.75, 3.05) is 36.0 Å². The van der Waals surface area contributed by atoms with Gasteiger partial charge in [-0.15, -0.1) is 0 Å². The van der Waals surface area contributed by atoms with Gasteiger partial charge >= 0.3 is 0 Å². The maximum absolute atomic E-state index is 3.74. The number of anilines is 2. The van der Waals surface area contributed by atoms with E-state index in [2.05, 4.69) is 91.9 Å². The molecule has 0 amide bonds. The van der Waals surface area contributed by atoms with E-state index >= 15 is 0 Å². The van der Waals surface area contributed by atoms with Gasteiger partial charge in [0.25, 0.3) is 0 Å². The van der Waals surface area contributed by atoms with Gasteiger partial charge in [0.15, 0.2) is 0 Å². The molecule has 4 heteroatoms. The van der Waals surface area contributed by atoms with E-state index in [9.17, 15) is 0 Å². The van der Waals surface area contributed by atoms with E-state index in [1.807, 2.05) is 0 Å². The standard InChI is InChI=1S/C32H44Br2N2/c1-3-5-7-9-11-13-19-35-23-29(27-17-15-25(33)21-31(27)35)30-24-36(20-14-12-10-8-6-4-2)32-22-26(34)16-18-28(30)32/h15-18,21-22H,3-14,19-20,23-24H2,1-2H3/b30-29-. The lowest BCUT2D eigenvalue weighted by Crippen LogP contribution is -2.23. The van der Waals surface area contributed by atoms with E-state index in [1.54, 1.807) is 0 Å². The molecule has 4 rings (SSSR count). The third kappa shape index (κ3) is 6.98. The molecular formula is C32H44Br2N2. The van der Waals surface area contributed by atoms with Crippen molar-refractivity contribution in [3.8, 4) is 0 Å². The topological polar surface area (TPSA) is 6.48 Å². The number of nitrogens with zero attached hydrogens (tertiary/aromatic N) is 2. The van der Waals surface area contributed by atoms with E-state index in [0.717, 1.165) is 26.2 Å². The highest BCUT2D eigenvalue weighted by Gasteiger charge is 2.31. The highest BCUT2D eigenvalue weighted by atomic mass is 79.9. The van der Waals surface area contributed by atoms with Crippen LogP contribution in [0.3, 0.4) is 0 Å². The molecule has 2 aliphatic heterocycles. The van der Waals surface area contributed by atoms with E-state index in [0.29, 0.717) is 0 Å². The molecule has 0 bridgehead atoms. The molecule has 2 heterocycles. The maximum Gasteiger partial charge on any atom is 0.0457 e. The van der Waals surface area contributed by atoms with E-state index in [1.165, 1.54) is 120 Å². The normalized spacial score (nSPS) is 16.7. The molecule has 0 aliphatic carbocycles. The van der Waals surface area contributed by atoms with Crippen LogP contribution in [-0.4, -0.2) is 26.2 Å². The van der Waals surface area contributed by atoms with Gasteiger partial charge in [0, 0.05) is 57.6 Å². The second kappa shape index (κ2) is 14.0. The van der Waals surface area contributed by atoms with Crippen molar-refractivity contribution < 1.29 is 0 Å². The van der Waals surface area contributed by atoms with Crippen molar-refractivity contribution in [2.45, 2.75) is 90.9 Å². The van der Waals surface area contributed by atoms with Gasteiger partial charge in [0.1, 0.15) is 0 Å². The fraction of sp³-hybridized carbons (Fsp3) is 0.562. The largest absolute Gasteiger partial charge is 0.367 e. The molecule has 0 N–H and O–H groups in total. The van der Waals surface area contributed by atoms with Gasteiger partial charge in [0.2, 0.25) is 0 Å². The van der Waals surface area contributed by atoms with Crippen molar-refractivity contribution in [1.29, 1.82) is 0 Å². The zero-order valence-electron chi connectivity index (χ0n) is 22.4. The Hall–Kier alpha value is -1.26. The van der Waals surface area contributed by atoms with Crippen molar-refractivity contribution in [3.05, 3.63) is 56.5 Å². The molecule has 0 saturated carbocycles. The molecule has 0 fully saturated rings. The minimum atomic E-state index is 1.04. The van der Waals surface area contributed by atoms with E-state index < -0.39 is 0 Å². The molecule has 0 atom stereocenters. The number of fused-ring (bicyclic) bond motifs is 2. The molecule has 0 unspecified atom stereocenters. The van der Waals surface area contributed by atoms with Gasteiger partial charge in [-0.25, -0.2) is 0 Å². The molecule has 0 aromatic heterocycles. The molecular weight excluding hydrogens is 572 g/mol. The number of rotatable bonds is 14. The quantitative estimate of drug-likeness (QED) is 0.195. The molecule has 0 radical (unpaired) electrons. The third-order valence-electron chi connectivity index (χ3n) is 7.88.